The van der Waals surface area contributed by atoms with E-state index in [0.717, 1.165) is 19.3 Å². The normalized spacial score (nSPS) is 29.8. The molecular weight excluding hydrogens is 266 g/mol. The van der Waals surface area contributed by atoms with Gasteiger partial charge in [-0.15, -0.1) is 0 Å². The van der Waals surface area contributed by atoms with Gasteiger partial charge in [-0.05, 0) is 37.0 Å². The Morgan fingerprint density at radius 1 is 1.26 bits per heavy atom. The molecule has 3 atom stereocenters. The molecule has 1 aromatic carbocycles. The molecule has 2 saturated heterocycles. The zero-order valence-corrected chi connectivity index (χ0v) is 11.3. The van der Waals surface area contributed by atoms with Crippen LogP contribution in [0, 0.1) is 0 Å². The Morgan fingerprint density at radius 2 is 2.00 bits per heavy atom. The minimum Gasteiger partial charge on any atom is -0.392 e. The molecule has 2 aliphatic rings. The summed E-state index contributed by atoms with van der Waals surface area (Å²) < 4.78 is 32.8. The number of aliphatic hydroxyl groups excluding tert-OH is 1. The van der Waals surface area contributed by atoms with Gasteiger partial charge in [0.15, 0.2) is 0 Å². The summed E-state index contributed by atoms with van der Waals surface area (Å²) in [4.78, 5) is 0.229. The Kier molecular flexibility index (Phi) is 3.34. The van der Waals surface area contributed by atoms with Gasteiger partial charge in [0.05, 0.1) is 29.8 Å². The Balaban J connectivity index is 1.75. The zero-order chi connectivity index (χ0) is 13.5. The first-order valence-corrected chi connectivity index (χ1v) is 7.94. The van der Waals surface area contributed by atoms with Crippen LogP contribution in [0.4, 0.5) is 0 Å². The van der Waals surface area contributed by atoms with E-state index in [1.807, 2.05) is 0 Å². The fourth-order valence-corrected chi connectivity index (χ4v) is 4.08. The van der Waals surface area contributed by atoms with E-state index in [9.17, 15) is 8.42 Å². The maximum absolute atomic E-state index is 12.2. The molecule has 3 unspecified atom stereocenters. The molecule has 2 fully saturated rings. The minimum atomic E-state index is -3.50. The lowest BCUT2D eigenvalue weighted by molar-refractivity contribution is 0.0996. The van der Waals surface area contributed by atoms with Gasteiger partial charge in [0.2, 0.25) is 10.0 Å². The molecule has 2 heterocycles. The summed E-state index contributed by atoms with van der Waals surface area (Å²) in [5.74, 6) is 0. The van der Waals surface area contributed by atoms with Gasteiger partial charge in [-0.1, -0.05) is 12.1 Å². The lowest BCUT2D eigenvalue weighted by Gasteiger charge is -2.20. The standard InChI is InChI=1S/C13H17NO4S/c15-8-9-1-4-11(5-2-9)19(16,17)14-12-7-10-3-6-13(12)18-10/h1-2,4-5,10,12-15H,3,6-8H2. The third-order valence-corrected chi connectivity index (χ3v) is 5.33. The summed E-state index contributed by atoms with van der Waals surface area (Å²) in [6, 6.07) is 6.16. The number of aliphatic hydroxyl groups is 1. The summed E-state index contributed by atoms with van der Waals surface area (Å²) in [5, 5.41) is 8.95. The van der Waals surface area contributed by atoms with E-state index < -0.39 is 10.0 Å². The van der Waals surface area contributed by atoms with E-state index in [1.54, 1.807) is 12.1 Å². The first-order valence-electron chi connectivity index (χ1n) is 6.46. The van der Waals surface area contributed by atoms with Crippen LogP contribution in [0.1, 0.15) is 24.8 Å². The van der Waals surface area contributed by atoms with Crippen LogP contribution in [0.25, 0.3) is 0 Å². The quantitative estimate of drug-likeness (QED) is 0.856. The van der Waals surface area contributed by atoms with Gasteiger partial charge in [-0.25, -0.2) is 13.1 Å². The maximum atomic E-state index is 12.2. The lowest BCUT2D eigenvalue weighted by Crippen LogP contribution is -2.41. The molecule has 0 radical (unpaired) electrons. The number of ether oxygens (including phenoxy) is 1. The Bertz CT molecular complexity index is 555. The van der Waals surface area contributed by atoms with E-state index in [4.69, 9.17) is 9.84 Å². The summed E-state index contributed by atoms with van der Waals surface area (Å²) in [5.41, 5.74) is 0.696. The molecule has 6 heteroatoms. The first kappa shape index (κ1) is 13.1. The van der Waals surface area contributed by atoms with Crippen LogP contribution in [0.5, 0.6) is 0 Å². The Morgan fingerprint density at radius 3 is 2.53 bits per heavy atom. The van der Waals surface area contributed by atoms with Crippen molar-refractivity contribution in [1.29, 1.82) is 0 Å². The number of hydrogen-bond acceptors (Lipinski definition) is 4. The van der Waals surface area contributed by atoms with Crippen LogP contribution in [-0.2, 0) is 21.4 Å². The zero-order valence-electron chi connectivity index (χ0n) is 10.5. The maximum Gasteiger partial charge on any atom is 0.240 e. The molecule has 3 rings (SSSR count). The van der Waals surface area contributed by atoms with Crippen molar-refractivity contribution in [3.63, 3.8) is 0 Å². The van der Waals surface area contributed by atoms with Crippen molar-refractivity contribution < 1.29 is 18.3 Å². The Labute approximate surface area is 112 Å². The van der Waals surface area contributed by atoms with Gasteiger partial charge in [0, 0.05) is 0 Å². The summed E-state index contributed by atoms with van der Waals surface area (Å²) >= 11 is 0. The third-order valence-electron chi connectivity index (χ3n) is 3.83. The highest BCUT2D eigenvalue weighted by molar-refractivity contribution is 7.89. The van der Waals surface area contributed by atoms with Gasteiger partial charge in [-0.2, -0.15) is 0 Å². The van der Waals surface area contributed by atoms with Crippen molar-refractivity contribution in [2.24, 2.45) is 0 Å². The van der Waals surface area contributed by atoms with Crippen molar-refractivity contribution in [2.75, 3.05) is 0 Å². The summed E-state index contributed by atoms with van der Waals surface area (Å²) in [6.45, 7) is -0.0893. The molecule has 1 aromatic rings. The van der Waals surface area contributed by atoms with E-state index in [1.165, 1.54) is 12.1 Å². The van der Waals surface area contributed by atoms with Crippen molar-refractivity contribution in [2.45, 2.75) is 49.0 Å². The highest BCUT2D eigenvalue weighted by atomic mass is 32.2. The molecule has 0 saturated carbocycles. The average molecular weight is 283 g/mol. The molecule has 0 aromatic heterocycles. The largest absolute Gasteiger partial charge is 0.392 e. The first-order chi connectivity index (χ1) is 9.08. The van der Waals surface area contributed by atoms with E-state index in [0.29, 0.717) is 5.56 Å². The fourth-order valence-electron chi connectivity index (χ4n) is 2.80. The molecule has 2 N–H and O–H groups in total. The number of fused-ring (bicyclic) bond motifs is 2. The van der Waals surface area contributed by atoms with Gasteiger partial charge in [0.25, 0.3) is 0 Å². The second-order valence-electron chi connectivity index (χ2n) is 5.14. The van der Waals surface area contributed by atoms with Gasteiger partial charge in [0.1, 0.15) is 0 Å². The molecule has 5 nitrogen and oxygen atoms in total. The lowest BCUT2D eigenvalue weighted by atomic mass is 9.96. The van der Waals surface area contributed by atoms with E-state index in [2.05, 4.69) is 4.72 Å². The predicted octanol–water partition coefficient (Wildman–Crippen LogP) is 0.777. The molecule has 0 amide bonds. The summed E-state index contributed by atoms with van der Waals surface area (Å²) in [7, 11) is -3.50. The molecule has 2 bridgehead atoms. The van der Waals surface area contributed by atoms with Gasteiger partial charge >= 0.3 is 0 Å². The molecule has 0 spiro atoms. The highest BCUT2D eigenvalue weighted by Crippen LogP contribution is 2.35. The van der Waals surface area contributed by atoms with Crippen LogP contribution in [0.2, 0.25) is 0 Å². The SMILES string of the molecule is O=S(=O)(NC1CC2CCC1O2)c1ccc(CO)cc1. The van der Waals surface area contributed by atoms with Gasteiger partial charge in [-0.3, -0.25) is 0 Å². The molecule has 2 aliphatic heterocycles. The minimum absolute atomic E-state index is 0.0245. The average Bonchev–Trinajstić information content (AvgIpc) is 3.00. The molecule has 0 aliphatic carbocycles. The monoisotopic (exact) mass is 283 g/mol. The smallest absolute Gasteiger partial charge is 0.240 e. The summed E-state index contributed by atoms with van der Waals surface area (Å²) in [6.07, 6.45) is 2.97. The molecule has 104 valence electrons. The second kappa shape index (κ2) is 4.86. The third kappa shape index (κ3) is 2.53. The van der Waals surface area contributed by atoms with Crippen molar-refractivity contribution >= 4 is 10.0 Å². The van der Waals surface area contributed by atoms with Crippen LogP contribution < -0.4 is 4.72 Å². The fraction of sp³-hybridized carbons (Fsp3) is 0.538. The van der Waals surface area contributed by atoms with E-state index >= 15 is 0 Å². The van der Waals surface area contributed by atoms with Crippen molar-refractivity contribution in [3.8, 4) is 0 Å². The van der Waals surface area contributed by atoms with Crippen molar-refractivity contribution in [1.82, 2.24) is 4.72 Å². The molecular formula is C13H17NO4S. The second-order valence-corrected chi connectivity index (χ2v) is 6.85. The predicted molar refractivity (Wildman–Crippen MR) is 69.0 cm³/mol. The van der Waals surface area contributed by atoms with Crippen LogP contribution in [0.15, 0.2) is 29.2 Å². The highest BCUT2D eigenvalue weighted by Gasteiger charge is 2.42. The number of nitrogens with one attached hydrogen (secondary N) is 1. The van der Waals surface area contributed by atoms with Crippen molar-refractivity contribution in [3.05, 3.63) is 29.8 Å². The topological polar surface area (TPSA) is 75.6 Å². The van der Waals surface area contributed by atoms with Crippen LogP contribution >= 0.6 is 0 Å². The van der Waals surface area contributed by atoms with Gasteiger partial charge < -0.3 is 9.84 Å². The number of hydrogen-bond donors (Lipinski definition) is 2. The Hall–Kier alpha value is -0.950. The number of benzene rings is 1. The number of rotatable bonds is 4. The van der Waals surface area contributed by atoms with Crippen LogP contribution in [0.3, 0.4) is 0 Å². The van der Waals surface area contributed by atoms with Crippen LogP contribution in [-0.4, -0.2) is 31.8 Å². The van der Waals surface area contributed by atoms with E-state index in [-0.39, 0.29) is 29.8 Å². The number of sulfonamides is 1. The molecule has 19 heavy (non-hydrogen) atoms.